The van der Waals surface area contributed by atoms with E-state index in [1.807, 2.05) is 4.90 Å². The number of amides is 2. The van der Waals surface area contributed by atoms with Gasteiger partial charge in [0.1, 0.15) is 0 Å². The number of carbonyl (C=O) groups excluding carboxylic acids is 2. The van der Waals surface area contributed by atoms with E-state index in [4.69, 9.17) is 0 Å². The molecule has 134 valence electrons. The molecule has 6 heteroatoms. The number of phenols is 2. The van der Waals surface area contributed by atoms with Crippen LogP contribution < -0.4 is 0 Å². The lowest BCUT2D eigenvalue weighted by molar-refractivity contribution is -0.139. The Morgan fingerprint density at radius 2 is 1.96 bits per heavy atom. The van der Waals surface area contributed by atoms with Gasteiger partial charge in [0.15, 0.2) is 11.5 Å². The monoisotopic (exact) mass is 344 g/mol. The molecule has 1 saturated carbocycles. The van der Waals surface area contributed by atoms with Crippen LogP contribution in [-0.4, -0.2) is 57.5 Å². The second kappa shape index (κ2) is 5.93. The fourth-order valence-corrected chi connectivity index (χ4v) is 4.35. The summed E-state index contributed by atoms with van der Waals surface area (Å²) < 4.78 is 0. The Morgan fingerprint density at radius 1 is 1.16 bits per heavy atom. The lowest BCUT2D eigenvalue weighted by atomic mass is 9.73. The van der Waals surface area contributed by atoms with Crippen LogP contribution in [0.25, 0.3) is 0 Å². The van der Waals surface area contributed by atoms with Crippen LogP contribution in [0.3, 0.4) is 0 Å². The fraction of sp³-hybridized carbons (Fsp3) is 0.579. The number of hydrogen-bond donors (Lipinski definition) is 2. The first kappa shape index (κ1) is 16.2. The molecule has 0 aromatic heterocycles. The predicted molar refractivity (Wildman–Crippen MR) is 91.3 cm³/mol. The van der Waals surface area contributed by atoms with Crippen LogP contribution in [0.4, 0.5) is 0 Å². The zero-order chi connectivity index (χ0) is 17.6. The van der Waals surface area contributed by atoms with E-state index in [-0.39, 0.29) is 34.3 Å². The maximum Gasteiger partial charge on any atom is 0.257 e. The highest BCUT2D eigenvalue weighted by molar-refractivity contribution is 5.97. The maximum atomic E-state index is 12.9. The number of rotatable bonds is 2. The van der Waals surface area contributed by atoms with Crippen LogP contribution in [-0.2, 0) is 4.79 Å². The van der Waals surface area contributed by atoms with Crippen molar-refractivity contribution < 1.29 is 19.8 Å². The molecule has 4 rings (SSSR count). The van der Waals surface area contributed by atoms with Crippen molar-refractivity contribution in [2.75, 3.05) is 19.6 Å². The molecule has 2 heterocycles. The minimum atomic E-state index is -0.356. The van der Waals surface area contributed by atoms with E-state index < -0.39 is 0 Å². The molecule has 2 amide bonds. The first-order valence-electron chi connectivity index (χ1n) is 9.09. The van der Waals surface area contributed by atoms with Gasteiger partial charge in [0.2, 0.25) is 5.91 Å². The van der Waals surface area contributed by atoms with Crippen LogP contribution in [0, 0.1) is 5.41 Å². The zero-order valence-corrected chi connectivity index (χ0v) is 14.3. The molecule has 6 nitrogen and oxygen atoms in total. The van der Waals surface area contributed by atoms with Crippen molar-refractivity contribution in [3.63, 3.8) is 0 Å². The van der Waals surface area contributed by atoms with E-state index in [1.54, 1.807) is 17.0 Å². The molecule has 1 atom stereocenters. The molecule has 0 radical (unpaired) electrons. The Hall–Kier alpha value is -2.24. The molecule has 1 spiro atoms. The minimum Gasteiger partial charge on any atom is -0.504 e. The van der Waals surface area contributed by atoms with Gasteiger partial charge < -0.3 is 20.0 Å². The Labute approximate surface area is 147 Å². The van der Waals surface area contributed by atoms with E-state index in [2.05, 4.69) is 0 Å². The second-order valence-corrected chi connectivity index (χ2v) is 7.76. The van der Waals surface area contributed by atoms with Gasteiger partial charge in [-0.3, -0.25) is 9.59 Å². The number of para-hydroxylation sites is 1. The standard InChI is InChI=1S/C19H24N2O4/c22-15-4-1-3-14(17(15)24)18(25)20-10-2-8-19(11-20)9-7-16(23)21(12-19)13-5-6-13/h1,3-4,13,22,24H,2,5-12H2/t19-/m0/s1. The summed E-state index contributed by atoms with van der Waals surface area (Å²) in [5.41, 5.74) is 0.111. The first-order chi connectivity index (χ1) is 12.0. The summed E-state index contributed by atoms with van der Waals surface area (Å²) in [6.07, 6.45) is 5.52. The summed E-state index contributed by atoms with van der Waals surface area (Å²) in [5.74, 6) is -0.629. The van der Waals surface area contributed by atoms with Crippen LogP contribution in [0.15, 0.2) is 18.2 Å². The third kappa shape index (κ3) is 2.94. The van der Waals surface area contributed by atoms with Crippen molar-refractivity contribution >= 4 is 11.8 Å². The third-order valence-corrected chi connectivity index (χ3v) is 5.88. The van der Waals surface area contributed by atoms with Crippen LogP contribution in [0.2, 0.25) is 0 Å². The lowest BCUT2D eigenvalue weighted by Crippen LogP contribution is -2.55. The number of carbonyl (C=O) groups is 2. The molecular formula is C19H24N2O4. The first-order valence-corrected chi connectivity index (χ1v) is 9.09. The van der Waals surface area contributed by atoms with Crippen molar-refractivity contribution in [2.45, 2.75) is 44.6 Å². The van der Waals surface area contributed by atoms with E-state index >= 15 is 0 Å². The van der Waals surface area contributed by atoms with Crippen molar-refractivity contribution in [1.29, 1.82) is 0 Å². The Balaban J connectivity index is 1.53. The molecule has 0 unspecified atom stereocenters. The van der Waals surface area contributed by atoms with Gasteiger partial charge in [-0.1, -0.05) is 6.07 Å². The van der Waals surface area contributed by atoms with Gasteiger partial charge in [-0.2, -0.15) is 0 Å². The Bertz CT molecular complexity index is 715. The number of piperidine rings is 2. The van der Waals surface area contributed by atoms with Crippen molar-refractivity contribution in [1.82, 2.24) is 9.80 Å². The highest BCUT2D eigenvalue weighted by Crippen LogP contribution is 2.43. The van der Waals surface area contributed by atoms with E-state index in [0.29, 0.717) is 25.6 Å². The summed E-state index contributed by atoms with van der Waals surface area (Å²) in [6.45, 7) is 2.00. The van der Waals surface area contributed by atoms with Gasteiger partial charge in [0, 0.05) is 37.5 Å². The number of aromatic hydroxyl groups is 2. The fourth-order valence-electron chi connectivity index (χ4n) is 4.35. The number of phenolic OH excluding ortho intramolecular Hbond substituents is 2. The molecule has 3 fully saturated rings. The Kier molecular flexibility index (Phi) is 3.85. The highest BCUT2D eigenvalue weighted by Gasteiger charge is 2.46. The summed E-state index contributed by atoms with van der Waals surface area (Å²) >= 11 is 0. The topological polar surface area (TPSA) is 81.1 Å². The molecule has 25 heavy (non-hydrogen) atoms. The molecule has 1 aliphatic carbocycles. The number of likely N-dealkylation sites (tertiary alicyclic amines) is 2. The smallest absolute Gasteiger partial charge is 0.257 e. The molecule has 2 N–H and O–H groups in total. The van der Waals surface area contributed by atoms with Crippen molar-refractivity contribution in [2.24, 2.45) is 5.41 Å². The number of nitrogens with zero attached hydrogens (tertiary/aromatic N) is 2. The normalized spacial score (nSPS) is 27.0. The third-order valence-electron chi connectivity index (χ3n) is 5.88. The summed E-state index contributed by atoms with van der Waals surface area (Å²) in [5, 5.41) is 19.7. The quantitative estimate of drug-likeness (QED) is 0.805. The molecule has 0 bridgehead atoms. The maximum absolute atomic E-state index is 12.9. The predicted octanol–water partition coefficient (Wildman–Crippen LogP) is 2.10. The van der Waals surface area contributed by atoms with Crippen molar-refractivity contribution in [3.05, 3.63) is 23.8 Å². The largest absolute Gasteiger partial charge is 0.504 e. The second-order valence-electron chi connectivity index (χ2n) is 7.76. The summed E-state index contributed by atoms with van der Waals surface area (Å²) in [7, 11) is 0. The van der Waals surface area contributed by atoms with E-state index in [0.717, 1.165) is 38.6 Å². The van der Waals surface area contributed by atoms with Crippen molar-refractivity contribution in [3.8, 4) is 11.5 Å². The van der Waals surface area contributed by atoms with E-state index in [1.165, 1.54) is 6.07 Å². The highest BCUT2D eigenvalue weighted by atomic mass is 16.3. The average Bonchev–Trinajstić information content (AvgIpc) is 3.44. The van der Waals surface area contributed by atoms with Crippen LogP contribution in [0.5, 0.6) is 11.5 Å². The lowest BCUT2D eigenvalue weighted by Gasteiger charge is -2.48. The van der Waals surface area contributed by atoms with E-state index in [9.17, 15) is 19.8 Å². The molecule has 2 saturated heterocycles. The van der Waals surface area contributed by atoms with Gasteiger partial charge in [-0.15, -0.1) is 0 Å². The summed E-state index contributed by atoms with van der Waals surface area (Å²) in [4.78, 5) is 28.9. The van der Waals surface area contributed by atoms with Gasteiger partial charge in [-0.05, 0) is 44.2 Å². The molecular weight excluding hydrogens is 320 g/mol. The van der Waals surface area contributed by atoms with Gasteiger partial charge in [-0.25, -0.2) is 0 Å². The molecule has 1 aromatic carbocycles. The van der Waals surface area contributed by atoms with Crippen LogP contribution in [0.1, 0.15) is 48.9 Å². The SMILES string of the molecule is O=C(c1cccc(O)c1O)N1CCC[C@]2(CCC(=O)N(C3CC3)C2)C1. The van der Waals surface area contributed by atoms with Gasteiger partial charge in [0.05, 0.1) is 5.56 Å². The Morgan fingerprint density at radius 3 is 2.72 bits per heavy atom. The van der Waals surface area contributed by atoms with Gasteiger partial charge >= 0.3 is 0 Å². The number of benzene rings is 1. The summed E-state index contributed by atoms with van der Waals surface area (Å²) in [6, 6.07) is 4.88. The zero-order valence-electron chi connectivity index (χ0n) is 14.3. The average molecular weight is 344 g/mol. The molecule has 1 aromatic rings. The molecule has 3 aliphatic rings. The minimum absolute atomic E-state index is 0.0309. The number of hydrogen-bond acceptors (Lipinski definition) is 4. The van der Waals surface area contributed by atoms with Gasteiger partial charge in [0.25, 0.3) is 5.91 Å². The molecule has 2 aliphatic heterocycles. The van der Waals surface area contributed by atoms with Crippen LogP contribution >= 0.6 is 0 Å².